The Morgan fingerprint density at radius 3 is 2.05 bits per heavy atom. The van der Waals surface area contributed by atoms with E-state index >= 15 is 4.79 Å². The van der Waals surface area contributed by atoms with Crippen molar-refractivity contribution in [2.45, 2.75) is 37.6 Å². The van der Waals surface area contributed by atoms with Gasteiger partial charge in [-0.2, -0.15) is 0 Å². The lowest BCUT2D eigenvalue weighted by molar-refractivity contribution is -0.130. The van der Waals surface area contributed by atoms with Gasteiger partial charge in [0.25, 0.3) is 5.91 Å². The van der Waals surface area contributed by atoms with Crippen LogP contribution in [-0.4, -0.2) is 21.8 Å². The molecule has 6 rings (SSSR count). The number of aliphatic hydroxyl groups is 1. The Hall–Kier alpha value is -4.27. The first-order valence-electron chi connectivity index (χ1n) is 14.7. The van der Waals surface area contributed by atoms with Crippen molar-refractivity contribution in [3.63, 3.8) is 0 Å². The molecule has 0 bridgehead atoms. The normalized spacial score (nSPS) is 17.6. The molecule has 5 nitrogen and oxygen atoms in total. The molecule has 2 atom stereocenters. The zero-order valence-corrected chi connectivity index (χ0v) is 26.4. The third-order valence-electron chi connectivity index (χ3n) is 8.48. The molecule has 0 unspecified atom stereocenters. The van der Waals surface area contributed by atoms with Gasteiger partial charge >= 0.3 is 0 Å². The van der Waals surface area contributed by atoms with E-state index in [-0.39, 0.29) is 18.4 Å². The highest BCUT2D eigenvalue weighted by molar-refractivity contribution is 14.1. The Balaban J connectivity index is 1.60. The lowest BCUT2D eigenvalue weighted by Gasteiger charge is -2.50. The molecule has 0 radical (unpaired) electrons. The van der Waals surface area contributed by atoms with E-state index in [1.165, 1.54) is 0 Å². The zero-order chi connectivity index (χ0) is 30.5. The number of hydrogen-bond donors (Lipinski definition) is 2. The maximum Gasteiger partial charge on any atom is 0.255 e. The van der Waals surface area contributed by atoms with Crippen LogP contribution in [0.15, 0.2) is 133 Å². The molecule has 2 N–H and O–H groups in total. The van der Waals surface area contributed by atoms with Gasteiger partial charge in [0.15, 0.2) is 0 Å². The van der Waals surface area contributed by atoms with Gasteiger partial charge < -0.3 is 15.3 Å². The highest BCUT2D eigenvalue weighted by Gasteiger charge is 2.56. The third-order valence-corrected chi connectivity index (χ3v) is 9.53. The largest absolute Gasteiger partial charge is 0.392 e. The van der Waals surface area contributed by atoms with E-state index in [9.17, 15) is 9.90 Å². The van der Waals surface area contributed by atoms with E-state index in [2.05, 4.69) is 40.0 Å². The Labute approximate surface area is 271 Å². The van der Waals surface area contributed by atoms with Crippen LogP contribution < -0.4 is 5.32 Å². The summed E-state index contributed by atoms with van der Waals surface area (Å²) < 4.78 is 1.05. The van der Waals surface area contributed by atoms with Crippen LogP contribution in [0.4, 0.5) is 0 Å². The van der Waals surface area contributed by atoms with Crippen LogP contribution >= 0.6 is 22.6 Å². The minimum absolute atomic E-state index is 0.0919. The van der Waals surface area contributed by atoms with Crippen LogP contribution in [0.5, 0.6) is 0 Å². The minimum atomic E-state index is -1.17. The molecular formula is C38H33IN2O3. The second kappa shape index (κ2) is 13.2. The number of nitrogens with one attached hydrogen (secondary N) is 1. The number of halogens is 1. The topological polar surface area (TPSA) is 69.6 Å². The molecule has 1 aliphatic rings. The van der Waals surface area contributed by atoms with E-state index in [4.69, 9.17) is 0 Å². The first-order chi connectivity index (χ1) is 21.5. The van der Waals surface area contributed by atoms with Crippen molar-refractivity contribution >= 4 is 34.4 Å². The van der Waals surface area contributed by atoms with Gasteiger partial charge in [0.2, 0.25) is 5.91 Å². The van der Waals surface area contributed by atoms with Gasteiger partial charge in [0, 0.05) is 22.2 Å². The number of hydrogen-bond acceptors (Lipinski definition) is 3. The van der Waals surface area contributed by atoms with Gasteiger partial charge in [-0.1, -0.05) is 121 Å². The molecule has 0 saturated carbocycles. The van der Waals surface area contributed by atoms with E-state index in [1.54, 1.807) is 0 Å². The van der Waals surface area contributed by atoms with Gasteiger partial charge in [-0.05, 0) is 74.5 Å². The van der Waals surface area contributed by atoms with Gasteiger partial charge in [-0.3, -0.25) is 9.59 Å². The fourth-order valence-electron chi connectivity index (χ4n) is 6.35. The van der Waals surface area contributed by atoms with Crippen molar-refractivity contribution in [2.75, 3.05) is 0 Å². The fraction of sp³-hybridized carbons (Fsp3) is 0.158. The van der Waals surface area contributed by atoms with Gasteiger partial charge in [0.05, 0.1) is 12.6 Å². The predicted octanol–water partition coefficient (Wildman–Crippen LogP) is 6.98. The lowest BCUT2D eigenvalue weighted by atomic mass is 9.63. The molecule has 6 heteroatoms. The Bertz CT molecular complexity index is 1760. The summed E-state index contributed by atoms with van der Waals surface area (Å²) in [5, 5.41) is 13.1. The summed E-state index contributed by atoms with van der Waals surface area (Å²) >= 11 is 2.34. The molecule has 0 aromatic heterocycles. The van der Waals surface area contributed by atoms with Crippen LogP contribution in [0.2, 0.25) is 0 Å². The maximum atomic E-state index is 15.1. The Morgan fingerprint density at radius 1 is 0.750 bits per heavy atom. The Morgan fingerprint density at radius 2 is 1.36 bits per heavy atom. The van der Waals surface area contributed by atoms with E-state index in [1.807, 2.05) is 126 Å². The van der Waals surface area contributed by atoms with Crippen molar-refractivity contribution in [1.29, 1.82) is 0 Å². The van der Waals surface area contributed by atoms with E-state index in [0.717, 1.165) is 37.0 Å². The van der Waals surface area contributed by atoms with Gasteiger partial charge in [-0.25, -0.2) is 0 Å². The number of nitrogens with zero attached hydrogens (tertiary/aromatic N) is 1. The third kappa shape index (κ3) is 5.79. The molecule has 5 aromatic carbocycles. The van der Waals surface area contributed by atoms with Crippen molar-refractivity contribution in [3.8, 4) is 0 Å². The summed E-state index contributed by atoms with van der Waals surface area (Å²) in [5.74, 6) is -0.259. The standard InChI is InChI=1S/C38H33IN2O3/c39-34-18-10-7-15-31(34)23-38(37(44)40-24-27-11-3-1-4-12-27)33-17-9-8-16-32(33)36(43)41(25-28-13-5-2-6-14-28)35(38)30-21-19-29(26-42)20-22-30/h1-22,35,42H,23-26H2,(H,40,44)/t35-,38-/m0/s1. The SMILES string of the molecule is O=C1c2ccccc2[C@](Cc2ccccc2I)(C(=O)NCc2ccccc2)[C@H](c2ccc(CO)cc2)N1Cc1ccccc1. The van der Waals surface area contributed by atoms with Gasteiger partial charge in [-0.15, -0.1) is 0 Å². The molecule has 44 heavy (non-hydrogen) atoms. The molecule has 5 aromatic rings. The molecule has 0 fully saturated rings. The van der Waals surface area contributed by atoms with Crippen LogP contribution in [0.1, 0.15) is 49.8 Å². The van der Waals surface area contributed by atoms with Crippen LogP contribution in [0, 0.1) is 3.57 Å². The summed E-state index contributed by atoms with van der Waals surface area (Å²) in [4.78, 5) is 31.4. The number of carbonyl (C=O) groups is 2. The smallest absolute Gasteiger partial charge is 0.255 e. The second-order valence-corrected chi connectivity index (χ2v) is 12.3. The average molecular weight is 693 g/mol. The van der Waals surface area contributed by atoms with Crippen LogP contribution in [0.25, 0.3) is 0 Å². The highest BCUT2D eigenvalue weighted by atomic mass is 127. The molecule has 1 aliphatic heterocycles. The number of rotatable bonds is 9. The highest BCUT2D eigenvalue weighted by Crippen LogP contribution is 2.50. The fourth-order valence-corrected chi connectivity index (χ4v) is 6.93. The van der Waals surface area contributed by atoms with Crippen molar-refractivity contribution in [3.05, 3.63) is 176 Å². The molecule has 1 heterocycles. The summed E-state index contributed by atoms with van der Waals surface area (Å²) in [7, 11) is 0. The molecular weight excluding hydrogens is 659 g/mol. The van der Waals surface area contributed by atoms with Crippen LogP contribution in [-0.2, 0) is 36.3 Å². The summed E-state index contributed by atoms with van der Waals surface area (Å²) in [6, 6.07) is 42.5. The molecule has 2 amide bonds. The molecule has 0 saturated heterocycles. The lowest BCUT2D eigenvalue weighted by Crippen LogP contribution is -2.59. The summed E-state index contributed by atoms with van der Waals surface area (Å²) in [6.45, 7) is 0.601. The number of fused-ring (bicyclic) bond motifs is 1. The number of carbonyl (C=O) groups excluding carboxylic acids is 2. The number of benzene rings is 5. The molecule has 220 valence electrons. The predicted molar refractivity (Wildman–Crippen MR) is 181 cm³/mol. The average Bonchev–Trinajstić information content (AvgIpc) is 3.08. The summed E-state index contributed by atoms with van der Waals surface area (Å²) in [5.41, 5.74) is 4.69. The zero-order valence-electron chi connectivity index (χ0n) is 24.2. The Kier molecular flexibility index (Phi) is 8.91. The van der Waals surface area contributed by atoms with Crippen molar-refractivity contribution < 1.29 is 14.7 Å². The first-order valence-corrected chi connectivity index (χ1v) is 15.8. The van der Waals surface area contributed by atoms with E-state index in [0.29, 0.717) is 25.1 Å². The minimum Gasteiger partial charge on any atom is -0.392 e. The maximum absolute atomic E-state index is 15.1. The van der Waals surface area contributed by atoms with Crippen LogP contribution in [0.3, 0.4) is 0 Å². The van der Waals surface area contributed by atoms with E-state index < -0.39 is 11.5 Å². The second-order valence-electron chi connectivity index (χ2n) is 11.2. The van der Waals surface area contributed by atoms with Crippen molar-refractivity contribution in [2.24, 2.45) is 0 Å². The summed E-state index contributed by atoms with van der Waals surface area (Å²) in [6.07, 6.45) is 0.384. The number of amides is 2. The molecule has 0 aliphatic carbocycles. The first kappa shape index (κ1) is 29.8. The van der Waals surface area contributed by atoms with Gasteiger partial charge in [0.1, 0.15) is 5.41 Å². The monoisotopic (exact) mass is 692 g/mol. The number of aliphatic hydroxyl groups excluding tert-OH is 1. The quantitative estimate of drug-likeness (QED) is 0.164. The molecule has 0 spiro atoms. The van der Waals surface area contributed by atoms with Crippen molar-refractivity contribution in [1.82, 2.24) is 10.2 Å².